The molecule has 0 unspecified atom stereocenters. The van der Waals surface area contributed by atoms with Gasteiger partial charge in [0.05, 0.1) is 37.1 Å². The second-order valence-corrected chi connectivity index (χ2v) is 5.67. The molecule has 3 rings (SSSR count). The second kappa shape index (κ2) is 7.32. The number of carbonyl (C=O) groups excluding carboxylic acids is 2. The van der Waals surface area contributed by atoms with Crippen LogP contribution in [0.5, 0.6) is 0 Å². The summed E-state index contributed by atoms with van der Waals surface area (Å²) in [4.78, 5) is 27.0. The van der Waals surface area contributed by atoms with Crippen LogP contribution in [0.2, 0.25) is 0 Å². The Bertz CT molecular complexity index is 827. The molecule has 0 aromatic heterocycles. The molecule has 1 heterocycles. The van der Waals surface area contributed by atoms with Gasteiger partial charge in [0.1, 0.15) is 0 Å². The van der Waals surface area contributed by atoms with Gasteiger partial charge in [-0.1, -0.05) is 48.5 Å². The molecule has 5 nitrogen and oxygen atoms in total. The summed E-state index contributed by atoms with van der Waals surface area (Å²) in [7, 11) is 2.78. The van der Waals surface area contributed by atoms with Crippen LogP contribution in [-0.2, 0) is 25.6 Å². The number of methoxy groups -OCH3 is 2. The minimum absolute atomic E-state index is 0.0151. The number of anilines is 1. The van der Waals surface area contributed by atoms with E-state index in [1.807, 2.05) is 54.6 Å². The van der Waals surface area contributed by atoms with Gasteiger partial charge in [-0.05, 0) is 11.6 Å². The van der Waals surface area contributed by atoms with E-state index in [1.54, 1.807) is 4.90 Å². The highest BCUT2D eigenvalue weighted by Crippen LogP contribution is 2.39. The monoisotopic (exact) mass is 337 g/mol. The molecule has 2 aromatic rings. The Morgan fingerprint density at radius 3 is 2.36 bits per heavy atom. The first-order valence-corrected chi connectivity index (χ1v) is 7.93. The molecule has 25 heavy (non-hydrogen) atoms. The summed E-state index contributed by atoms with van der Waals surface area (Å²) in [5.74, 6) is -0.774. The first-order chi connectivity index (χ1) is 12.2. The van der Waals surface area contributed by atoms with Crippen molar-refractivity contribution in [3.8, 4) is 0 Å². The lowest BCUT2D eigenvalue weighted by Gasteiger charge is -2.17. The average Bonchev–Trinajstić information content (AvgIpc) is 2.92. The minimum Gasteiger partial charge on any atom is -0.466 e. The van der Waals surface area contributed by atoms with E-state index in [9.17, 15) is 9.59 Å². The zero-order valence-corrected chi connectivity index (χ0v) is 14.2. The van der Waals surface area contributed by atoms with Gasteiger partial charge in [0.2, 0.25) is 0 Å². The second-order valence-electron chi connectivity index (χ2n) is 5.67. The number of rotatable bonds is 5. The summed E-state index contributed by atoms with van der Waals surface area (Å²) in [5.41, 5.74) is 3.10. The first-order valence-electron chi connectivity index (χ1n) is 7.93. The highest BCUT2D eigenvalue weighted by Gasteiger charge is 2.36. The third-order valence-corrected chi connectivity index (χ3v) is 4.13. The molecule has 0 bridgehead atoms. The topological polar surface area (TPSA) is 55.8 Å². The van der Waals surface area contributed by atoms with Crippen molar-refractivity contribution in [3.05, 3.63) is 71.3 Å². The van der Waals surface area contributed by atoms with Crippen LogP contribution in [0.4, 0.5) is 5.69 Å². The maximum atomic E-state index is 13.1. The van der Waals surface area contributed by atoms with E-state index < -0.39 is 5.97 Å². The number of para-hydroxylation sites is 1. The molecular formula is C20H19NO4. The predicted molar refractivity (Wildman–Crippen MR) is 94.9 cm³/mol. The van der Waals surface area contributed by atoms with Crippen molar-refractivity contribution in [1.29, 1.82) is 0 Å². The minimum atomic E-state index is -0.554. The Hall–Kier alpha value is -2.92. The molecular weight excluding hydrogens is 318 g/mol. The number of ether oxygens (including phenoxy) is 2. The molecule has 0 saturated heterocycles. The van der Waals surface area contributed by atoms with E-state index >= 15 is 0 Å². The number of hydrogen-bond donors (Lipinski definition) is 0. The molecule has 0 spiro atoms. The molecule has 5 heteroatoms. The number of hydrogen-bond acceptors (Lipinski definition) is 4. The normalized spacial score (nSPS) is 15.1. The van der Waals surface area contributed by atoms with Crippen molar-refractivity contribution in [2.75, 3.05) is 25.7 Å². The van der Waals surface area contributed by atoms with Crippen molar-refractivity contribution in [2.24, 2.45) is 0 Å². The van der Waals surface area contributed by atoms with Gasteiger partial charge in [-0.25, -0.2) is 4.79 Å². The van der Waals surface area contributed by atoms with Gasteiger partial charge in [-0.15, -0.1) is 0 Å². The van der Waals surface area contributed by atoms with Crippen molar-refractivity contribution < 1.29 is 19.1 Å². The van der Waals surface area contributed by atoms with Crippen molar-refractivity contribution in [1.82, 2.24) is 0 Å². The Morgan fingerprint density at radius 1 is 1.00 bits per heavy atom. The molecule has 128 valence electrons. The van der Waals surface area contributed by atoms with Crippen LogP contribution < -0.4 is 4.90 Å². The number of esters is 1. The quantitative estimate of drug-likeness (QED) is 0.622. The lowest BCUT2D eigenvalue weighted by Crippen LogP contribution is -2.27. The van der Waals surface area contributed by atoms with E-state index in [2.05, 4.69) is 0 Å². The van der Waals surface area contributed by atoms with Gasteiger partial charge in [0, 0.05) is 12.7 Å². The summed E-state index contributed by atoms with van der Waals surface area (Å²) in [6, 6.07) is 17.2. The van der Waals surface area contributed by atoms with Crippen LogP contribution in [-0.4, -0.2) is 32.7 Å². The first kappa shape index (κ1) is 16.9. The smallest absolute Gasteiger partial charge is 0.336 e. The Morgan fingerprint density at radius 2 is 1.68 bits per heavy atom. The molecule has 0 radical (unpaired) electrons. The van der Waals surface area contributed by atoms with E-state index in [1.165, 1.54) is 14.2 Å². The molecule has 0 fully saturated rings. The van der Waals surface area contributed by atoms with Gasteiger partial charge in [-0.3, -0.25) is 4.79 Å². The molecule has 1 aliphatic rings. The summed E-state index contributed by atoms with van der Waals surface area (Å²) < 4.78 is 9.97. The van der Waals surface area contributed by atoms with E-state index in [4.69, 9.17) is 9.47 Å². The van der Waals surface area contributed by atoms with Crippen LogP contribution in [0, 0.1) is 0 Å². The summed E-state index contributed by atoms with van der Waals surface area (Å²) in [6.07, 6.45) is 0. The fourth-order valence-electron chi connectivity index (χ4n) is 3.00. The third kappa shape index (κ3) is 3.19. The lowest BCUT2D eigenvalue weighted by molar-refractivity contribution is -0.136. The third-order valence-electron chi connectivity index (χ3n) is 4.13. The number of amides is 1. The predicted octanol–water partition coefficient (Wildman–Crippen LogP) is 2.81. The van der Waals surface area contributed by atoms with Crippen LogP contribution in [0.3, 0.4) is 0 Å². The molecule has 2 aromatic carbocycles. The van der Waals surface area contributed by atoms with Gasteiger partial charge >= 0.3 is 5.97 Å². The van der Waals surface area contributed by atoms with Crippen molar-refractivity contribution in [2.45, 2.75) is 6.54 Å². The maximum absolute atomic E-state index is 13.1. The fourth-order valence-corrected chi connectivity index (χ4v) is 3.00. The maximum Gasteiger partial charge on any atom is 0.336 e. The summed E-state index contributed by atoms with van der Waals surface area (Å²) in [5, 5.41) is 0. The van der Waals surface area contributed by atoms with E-state index in [0.717, 1.165) is 16.8 Å². The van der Waals surface area contributed by atoms with Crippen LogP contribution in [0.1, 0.15) is 11.1 Å². The molecule has 0 atom stereocenters. The van der Waals surface area contributed by atoms with Crippen LogP contribution >= 0.6 is 0 Å². The number of carbonyl (C=O) groups is 2. The zero-order chi connectivity index (χ0) is 17.8. The highest BCUT2D eigenvalue weighted by molar-refractivity contribution is 6.35. The fraction of sp³-hybridized carbons (Fsp3) is 0.200. The Labute approximate surface area is 146 Å². The Balaban J connectivity index is 2.10. The SMILES string of the molecule is COC/C(C(=O)OC)=C1/C(=O)N(Cc2ccccc2)c2ccccc21. The standard InChI is InChI=1S/C20H19NO4/c1-24-13-16(20(23)25-2)18-15-10-6-7-11-17(15)21(19(18)22)12-14-8-4-3-5-9-14/h3-11H,12-13H2,1-2H3/b18-16-. The van der Waals surface area contributed by atoms with Crippen molar-refractivity contribution in [3.63, 3.8) is 0 Å². The highest BCUT2D eigenvalue weighted by atomic mass is 16.5. The van der Waals surface area contributed by atoms with Gasteiger partial charge in [0.25, 0.3) is 5.91 Å². The average molecular weight is 337 g/mol. The molecule has 0 saturated carbocycles. The summed E-state index contributed by atoms with van der Waals surface area (Å²) in [6.45, 7) is 0.447. The van der Waals surface area contributed by atoms with Gasteiger partial charge in [-0.2, -0.15) is 0 Å². The van der Waals surface area contributed by atoms with E-state index in [-0.39, 0.29) is 18.1 Å². The zero-order valence-electron chi connectivity index (χ0n) is 14.2. The number of nitrogens with zero attached hydrogens (tertiary/aromatic N) is 1. The van der Waals surface area contributed by atoms with Crippen LogP contribution in [0.25, 0.3) is 5.57 Å². The molecule has 1 aliphatic heterocycles. The Kier molecular flexibility index (Phi) is 4.95. The lowest BCUT2D eigenvalue weighted by atomic mass is 10.0. The molecule has 0 aliphatic carbocycles. The van der Waals surface area contributed by atoms with Crippen molar-refractivity contribution >= 4 is 23.1 Å². The molecule has 1 amide bonds. The molecule has 0 N–H and O–H groups in total. The van der Waals surface area contributed by atoms with Gasteiger partial charge in [0.15, 0.2) is 0 Å². The number of fused-ring (bicyclic) bond motifs is 1. The summed E-state index contributed by atoms with van der Waals surface area (Å²) >= 11 is 0. The largest absolute Gasteiger partial charge is 0.466 e. The van der Waals surface area contributed by atoms with Crippen LogP contribution in [0.15, 0.2) is 60.2 Å². The van der Waals surface area contributed by atoms with Gasteiger partial charge < -0.3 is 14.4 Å². The number of benzene rings is 2. The van der Waals surface area contributed by atoms with E-state index in [0.29, 0.717) is 12.1 Å².